The third-order valence-electron chi connectivity index (χ3n) is 3.15. The molecule has 98 valence electrons. The number of nitrogens with zero attached hydrogens (tertiary/aromatic N) is 1. The van der Waals surface area contributed by atoms with Crippen LogP contribution in [0.25, 0.3) is 0 Å². The first-order valence-electron chi connectivity index (χ1n) is 6.41. The third-order valence-corrected chi connectivity index (χ3v) is 4.09. The molecule has 0 bridgehead atoms. The molecule has 0 amide bonds. The maximum atomic E-state index is 11.1. The van der Waals surface area contributed by atoms with Crippen LogP contribution in [-0.4, -0.2) is 48.4 Å². The van der Waals surface area contributed by atoms with Crippen molar-refractivity contribution in [1.82, 2.24) is 4.90 Å². The lowest BCUT2D eigenvalue weighted by Crippen LogP contribution is -2.36. The van der Waals surface area contributed by atoms with Gasteiger partial charge in [0.05, 0.1) is 0 Å². The second-order valence-electron chi connectivity index (χ2n) is 4.51. The van der Waals surface area contributed by atoms with Crippen LogP contribution >= 0.6 is 11.8 Å². The second kappa shape index (κ2) is 6.81. The number of hydrogen-bond acceptors (Lipinski definition) is 4. The average Bonchev–Trinajstić information content (AvgIpc) is 2.40. The molecule has 1 aliphatic heterocycles. The van der Waals surface area contributed by atoms with Gasteiger partial charge in [-0.25, -0.2) is 0 Å². The molecule has 1 heterocycles. The highest BCUT2D eigenvalue weighted by Crippen LogP contribution is 2.11. The molecule has 1 aliphatic rings. The number of nitrogens with one attached hydrogen (secondary N) is 1. The van der Waals surface area contributed by atoms with Crippen molar-refractivity contribution >= 4 is 23.2 Å². The van der Waals surface area contributed by atoms with E-state index in [0.717, 1.165) is 24.3 Å². The molecule has 0 unspecified atom stereocenters. The minimum absolute atomic E-state index is 0.118. The molecule has 18 heavy (non-hydrogen) atoms. The molecule has 1 N–H and O–H groups in total. The van der Waals surface area contributed by atoms with Gasteiger partial charge in [0.25, 0.3) is 0 Å². The van der Waals surface area contributed by atoms with Crippen LogP contribution in [0.1, 0.15) is 17.3 Å². The van der Waals surface area contributed by atoms with Crippen LogP contribution in [0.5, 0.6) is 0 Å². The monoisotopic (exact) mass is 264 g/mol. The largest absolute Gasteiger partial charge is 0.384 e. The van der Waals surface area contributed by atoms with Gasteiger partial charge in [0.15, 0.2) is 5.78 Å². The summed E-state index contributed by atoms with van der Waals surface area (Å²) in [5.41, 5.74) is 1.86. The lowest BCUT2D eigenvalue weighted by molar-refractivity contribution is 0.101. The van der Waals surface area contributed by atoms with Crippen LogP contribution in [0.4, 0.5) is 5.69 Å². The number of benzene rings is 1. The topological polar surface area (TPSA) is 32.3 Å². The summed E-state index contributed by atoms with van der Waals surface area (Å²) >= 11 is 2.04. The summed E-state index contributed by atoms with van der Waals surface area (Å²) in [5, 5.41) is 3.40. The van der Waals surface area contributed by atoms with Crippen molar-refractivity contribution in [2.45, 2.75) is 6.92 Å². The molecule has 2 rings (SSSR count). The Morgan fingerprint density at radius 3 is 2.56 bits per heavy atom. The first kappa shape index (κ1) is 13.4. The van der Waals surface area contributed by atoms with Gasteiger partial charge in [0.2, 0.25) is 0 Å². The molecule has 0 aliphatic carbocycles. The lowest BCUT2D eigenvalue weighted by Gasteiger charge is -2.26. The fourth-order valence-corrected chi connectivity index (χ4v) is 2.98. The summed E-state index contributed by atoms with van der Waals surface area (Å²) in [6, 6.07) is 7.70. The molecule has 0 saturated carbocycles. The van der Waals surface area contributed by atoms with Crippen LogP contribution in [0, 0.1) is 0 Å². The highest BCUT2D eigenvalue weighted by Gasteiger charge is 2.09. The number of Topliss-reactive ketones (excluding diaryl/α,β-unsaturated/α-hetero) is 1. The van der Waals surface area contributed by atoms with Crippen molar-refractivity contribution in [2.75, 3.05) is 43.0 Å². The van der Waals surface area contributed by atoms with Crippen LogP contribution < -0.4 is 5.32 Å². The summed E-state index contributed by atoms with van der Waals surface area (Å²) in [6.45, 7) is 6.06. The molecule has 0 spiro atoms. The Labute approximate surface area is 113 Å². The van der Waals surface area contributed by atoms with Gasteiger partial charge in [-0.05, 0) is 31.2 Å². The van der Waals surface area contributed by atoms with Crippen LogP contribution in [-0.2, 0) is 0 Å². The summed E-state index contributed by atoms with van der Waals surface area (Å²) in [6.07, 6.45) is 0. The van der Waals surface area contributed by atoms with E-state index < -0.39 is 0 Å². The van der Waals surface area contributed by atoms with Crippen molar-refractivity contribution in [3.8, 4) is 0 Å². The summed E-state index contributed by atoms with van der Waals surface area (Å²) in [5.74, 6) is 2.63. The Bertz CT molecular complexity index is 385. The molecule has 3 nitrogen and oxygen atoms in total. The maximum absolute atomic E-state index is 11.1. The SMILES string of the molecule is CC(=O)c1ccc(NCCN2CCSCC2)cc1. The number of carbonyl (C=O) groups excluding carboxylic acids is 1. The number of carbonyl (C=O) groups is 1. The normalized spacial score (nSPS) is 16.5. The molecule has 1 aromatic carbocycles. The summed E-state index contributed by atoms with van der Waals surface area (Å²) in [7, 11) is 0. The minimum Gasteiger partial charge on any atom is -0.384 e. The molecule has 4 heteroatoms. The molecule has 0 radical (unpaired) electrons. The lowest BCUT2D eigenvalue weighted by atomic mass is 10.1. The van der Waals surface area contributed by atoms with E-state index in [-0.39, 0.29) is 5.78 Å². The highest BCUT2D eigenvalue weighted by atomic mass is 32.2. The predicted octanol–water partition coefficient (Wildman–Crippen LogP) is 2.35. The molecule has 0 aromatic heterocycles. The van der Waals surface area contributed by atoms with Gasteiger partial charge < -0.3 is 5.32 Å². The van der Waals surface area contributed by atoms with Gasteiger partial charge in [0, 0.05) is 48.9 Å². The number of anilines is 1. The van der Waals surface area contributed by atoms with Gasteiger partial charge in [-0.1, -0.05) is 0 Å². The van der Waals surface area contributed by atoms with Crippen LogP contribution in [0.3, 0.4) is 0 Å². The molecule has 1 fully saturated rings. The zero-order chi connectivity index (χ0) is 12.8. The fraction of sp³-hybridized carbons (Fsp3) is 0.500. The second-order valence-corrected chi connectivity index (χ2v) is 5.74. The van der Waals surface area contributed by atoms with Gasteiger partial charge in [0.1, 0.15) is 0 Å². The minimum atomic E-state index is 0.118. The Hall–Kier alpha value is -1.00. The smallest absolute Gasteiger partial charge is 0.159 e. The van der Waals surface area contributed by atoms with E-state index in [1.165, 1.54) is 24.6 Å². The first-order chi connectivity index (χ1) is 8.75. The highest BCUT2D eigenvalue weighted by molar-refractivity contribution is 7.99. The van der Waals surface area contributed by atoms with Crippen LogP contribution in [0.2, 0.25) is 0 Å². The standard InChI is InChI=1S/C14H20N2OS/c1-12(17)13-2-4-14(5-3-13)15-6-7-16-8-10-18-11-9-16/h2-5,15H,6-11H2,1H3. The van der Waals surface area contributed by atoms with E-state index in [0.29, 0.717) is 0 Å². The summed E-state index contributed by atoms with van der Waals surface area (Å²) < 4.78 is 0. The predicted molar refractivity (Wildman–Crippen MR) is 78.7 cm³/mol. The average molecular weight is 264 g/mol. The molecule has 0 atom stereocenters. The number of rotatable bonds is 5. The van der Waals surface area contributed by atoms with E-state index in [2.05, 4.69) is 10.2 Å². The number of hydrogen-bond donors (Lipinski definition) is 1. The Kier molecular flexibility index (Phi) is 5.08. The molecular weight excluding hydrogens is 244 g/mol. The van der Waals surface area contributed by atoms with Crippen LogP contribution in [0.15, 0.2) is 24.3 Å². The first-order valence-corrected chi connectivity index (χ1v) is 7.56. The number of ketones is 1. The zero-order valence-corrected chi connectivity index (χ0v) is 11.6. The summed E-state index contributed by atoms with van der Waals surface area (Å²) in [4.78, 5) is 13.6. The van der Waals surface area contributed by atoms with Crippen molar-refractivity contribution in [1.29, 1.82) is 0 Å². The van der Waals surface area contributed by atoms with E-state index in [1.54, 1.807) is 6.92 Å². The Morgan fingerprint density at radius 2 is 1.94 bits per heavy atom. The quantitative estimate of drug-likeness (QED) is 0.828. The van der Waals surface area contributed by atoms with E-state index in [4.69, 9.17) is 0 Å². The van der Waals surface area contributed by atoms with E-state index in [9.17, 15) is 4.79 Å². The maximum Gasteiger partial charge on any atom is 0.159 e. The van der Waals surface area contributed by atoms with Crippen molar-refractivity contribution in [3.63, 3.8) is 0 Å². The third kappa shape index (κ3) is 4.03. The number of thioether (sulfide) groups is 1. The Morgan fingerprint density at radius 1 is 1.28 bits per heavy atom. The van der Waals surface area contributed by atoms with E-state index >= 15 is 0 Å². The van der Waals surface area contributed by atoms with Crippen molar-refractivity contribution in [2.24, 2.45) is 0 Å². The Balaban J connectivity index is 1.74. The van der Waals surface area contributed by atoms with Crippen molar-refractivity contribution in [3.05, 3.63) is 29.8 Å². The zero-order valence-electron chi connectivity index (χ0n) is 10.8. The van der Waals surface area contributed by atoms with E-state index in [1.807, 2.05) is 36.0 Å². The van der Waals surface area contributed by atoms with Gasteiger partial charge in [-0.15, -0.1) is 0 Å². The van der Waals surface area contributed by atoms with Gasteiger partial charge in [-0.2, -0.15) is 11.8 Å². The molecular formula is C14H20N2OS. The van der Waals surface area contributed by atoms with Gasteiger partial charge >= 0.3 is 0 Å². The molecule has 1 saturated heterocycles. The fourth-order valence-electron chi connectivity index (χ4n) is 2.01. The van der Waals surface area contributed by atoms with Crippen molar-refractivity contribution < 1.29 is 4.79 Å². The molecule has 1 aromatic rings. The van der Waals surface area contributed by atoms with Gasteiger partial charge in [-0.3, -0.25) is 9.69 Å².